The normalized spacial score (nSPS) is 20.0. The monoisotopic (exact) mass is 297 g/mol. The van der Waals surface area contributed by atoms with Gasteiger partial charge in [0.25, 0.3) is 5.91 Å². The molecule has 1 unspecified atom stereocenters. The van der Waals surface area contributed by atoms with Gasteiger partial charge in [-0.3, -0.25) is 9.59 Å². The second-order valence-electron chi connectivity index (χ2n) is 3.84. The van der Waals surface area contributed by atoms with Gasteiger partial charge in [0.2, 0.25) is 5.91 Å². The van der Waals surface area contributed by atoms with Crippen molar-refractivity contribution in [3.05, 3.63) is 28.5 Å². The van der Waals surface area contributed by atoms with Crippen molar-refractivity contribution in [2.75, 3.05) is 13.1 Å². The van der Waals surface area contributed by atoms with Gasteiger partial charge in [-0.25, -0.2) is 4.98 Å². The van der Waals surface area contributed by atoms with Crippen LogP contribution in [0.15, 0.2) is 22.9 Å². The molecule has 2 heterocycles. The third-order valence-corrected chi connectivity index (χ3v) is 3.20. The minimum atomic E-state index is -0.431. The first-order chi connectivity index (χ1) is 8.09. The van der Waals surface area contributed by atoms with E-state index in [0.717, 1.165) is 0 Å². The van der Waals surface area contributed by atoms with Gasteiger partial charge in [-0.2, -0.15) is 0 Å². The highest BCUT2D eigenvalue weighted by molar-refractivity contribution is 9.10. The van der Waals surface area contributed by atoms with E-state index in [1.54, 1.807) is 24.0 Å². The molecule has 1 aliphatic heterocycles. The molecular weight excluding hydrogens is 286 g/mol. The number of halogens is 1. The zero-order chi connectivity index (χ0) is 12.4. The fourth-order valence-electron chi connectivity index (χ4n) is 1.73. The molecule has 0 aromatic carbocycles. The highest BCUT2D eigenvalue weighted by Crippen LogP contribution is 2.12. The summed E-state index contributed by atoms with van der Waals surface area (Å²) in [6.07, 6.45) is 1.51. The Balaban J connectivity index is 2.19. The van der Waals surface area contributed by atoms with Crippen molar-refractivity contribution in [3.8, 4) is 0 Å². The molecule has 2 rings (SSSR count). The van der Waals surface area contributed by atoms with Gasteiger partial charge >= 0.3 is 0 Å². The van der Waals surface area contributed by atoms with Gasteiger partial charge in [-0.05, 0) is 35.0 Å². The molecule has 1 fully saturated rings. The standard InChI is InChI=1S/C11H12BrN3O2/c1-7-10(16)13-4-5-15(7)11(17)8-2-3-9(12)14-6-8/h2-3,6-7H,4-5H2,1H3,(H,13,16). The average Bonchev–Trinajstić information content (AvgIpc) is 2.33. The van der Waals surface area contributed by atoms with E-state index < -0.39 is 6.04 Å². The number of rotatable bonds is 1. The number of pyridine rings is 1. The van der Waals surface area contributed by atoms with E-state index in [2.05, 4.69) is 26.2 Å². The summed E-state index contributed by atoms with van der Waals surface area (Å²) in [5.74, 6) is -0.276. The number of carbonyl (C=O) groups is 2. The maximum Gasteiger partial charge on any atom is 0.256 e. The number of nitrogens with zero attached hydrogens (tertiary/aromatic N) is 2. The average molecular weight is 298 g/mol. The van der Waals surface area contributed by atoms with Gasteiger partial charge in [-0.15, -0.1) is 0 Å². The Morgan fingerprint density at radius 3 is 3.00 bits per heavy atom. The van der Waals surface area contributed by atoms with Crippen molar-refractivity contribution >= 4 is 27.7 Å². The highest BCUT2D eigenvalue weighted by Gasteiger charge is 2.29. The van der Waals surface area contributed by atoms with Crippen molar-refractivity contribution in [1.82, 2.24) is 15.2 Å². The smallest absolute Gasteiger partial charge is 0.256 e. The number of hydrogen-bond acceptors (Lipinski definition) is 3. The molecular formula is C11H12BrN3O2. The summed E-state index contributed by atoms with van der Waals surface area (Å²) >= 11 is 3.21. The topological polar surface area (TPSA) is 62.3 Å². The lowest BCUT2D eigenvalue weighted by atomic mass is 10.1. The van der Waals surface area contributed by atoms with Gasteiger partial charge < -0.3 is 10.2 Å². The zero-order valence-corrected chi connectivity index (χ0v) is 10.9. The van der Waals surface area contributed by atoms with Crippen LogP contribution >= 0.6 is 15.9 Å². The first-order valence-corrected chi connectivity index (χ1v) is 6.09. The van der Waals surface area contributed by atoms with Crippen molar-refractivity contribution in [2.45, 2.75) is 13.0 Å². The molecule has 1 aliphatic rings. The molecule has 0 aliphatic carbocycles. The van der Waals surface area contributed by atoms with Crippen molar-refractivity contribution < 1.29 is 9.59 Å². The number of amides is 2. The van der Waals surface area contributed by atoms with Crippen LogP contribution in [0.3, 0.4) is 0 Å². The van der Waals surface area contributed by atoms with Crippen LogP contribution in [0.1, 0.15) is 17.3 Å². The summed E-state index contributed by atoms with van der Waals surface area (Å²) in [5, 5.41) is 2.72. The van der Waals surface area contributed by atoms with Gasteiger partial charge in [0.1, 0.15) is 10.6 Å². The van der Waals surface area contributed by atoms with E-state index in [1.165, 1.54) is 6.20 Å². The van der Waals surface area contributed by atoms with Crippen LogP contribution in [-0.2, 0) is 4.79 Å². The van der Waals surface area contributed by atoms with Crippen LogP contribution in [0.25, 0.3) is 0 Å². The summed E-state index contributed by atoms with van der Waals surface area (Å²) < 4.78 is 0.679. The predicted octanol–water partition coefficient (Wildman–Crippen LogP) is 0.805. The van der Waals surface area contributed by atoms with Crippen LogP contribution in [0.5, 0.6) is 0 Å². The van der Waals surface area contributed by atoms with Crippen LogP contribution in [0.4, 0.5) is 0 Å². The van der Waals surface area contributed by atoms with E-state index >= 15 is 0 Å². The van der Waals surface area contributed by atoms with Crippen molar-refractivity contribution in [1.29, 1.82) is 0 Å². The molecule has 17 heavy (non-hydrogen) atoms. The zero-order valence-electron chi connectivity index (χ0n) is 9.31. The van der Waals surface area contributed by atoms with E-state index in [4.69, 9.17) is 0 Å². The number of aromatic nitrogens is 1. The lowest BCUT2D eigenvalue weighted by Crippen LogP contribution is -2.55. The van der Waals surface area contributed by atoms with Gasteiger partial charge in [0.15, 0.2) is 0 Å². The Hall–Kier alpha value is -1.43. The second-order valence-corrected chi connectivity index (χ2v) is 4.65. The molecule has 1 N–H and O–H groups in total. The third kappa shape index (κ3) is 2.46. The Morgan fingerprint density at radius 1 is 1.59 bits per heavy atom. The molecule has 1 saturated heterocycles. The summed E-state index contributed by atoms with van der Waals surface area (Å²) in [5.41, 5.74) is 0.495. The third-order valence-electron chi connectivity index (χ3n) is 2.73. The lowest BCUT2D eigenvalue weighted by molar-refractivity contribution is -0.127. The minimum Gasteiger partial charge on any atom is -0.353 e. The quantitative estimate of drug-likeness (QED) is 0.780. The molecule has 0 saturated carbocycles. The lowest BCUT2D eigenvalue weighted by Gasteiger charge is -2.32. The summed E-state index contributed by atoms with van der Waals surface area (Å²) in [7, 11) is 0. The van der Waals surface area contributed by atoms with Crippen molar-refractivity contribution in [2.24, 2.45) is 0 Å². The Labute approximate surface area is 107 Å². The Morgan fingerprint density at radius 2 is 2.35 bits per heavy atom. The number of piperazine rings is 1. The molecule has 0 radical (unpaired) electrons. The largest absolute Gasteiger partial charge is 0.353 e. The van der Waals surface area contributed by atoms with Crippen LogP contribution in [0, 0.1) is 0 Å². The van der Waals surface area contributed by atoms with Crippen molar-refractivity contribution in [3.63, 3.8) is 0 Å². The Bertz CT molecular complexity index is 447. The van der Waals surface area contributed by atoms with E-state index in [-0.39, 0.29) is 11.8 Å². The van der Waals surface area contributed by atoms with Crippen LogP contribution < -0.4 is 5.32 Å². The first-order valence-electron chi connectivity index (χ1n) is 5.30. The van der Waals surface area contributed by atoms with E-state index in [1.807, 2.05) is 0 Å². The molecule has 1 atom stereocenters. The molecule has 1 aromatic heterocycles. The molecule has 2 amide bonds. The first kappa shape index (κ1) is 12.0. The van der Waals surface area contributed by atoms with Crippen LogP contribution in [-0.4, -0.2) is 40.8 Å². The maximum absolute atomic E-state index is 12.2. The molecule has 0 bridgehead atoms. The van der Waals surface area contributed by atoms with E-state index in [0.29, 0.717) is 23.3 Å². The summed E-state index contributed by atoms with van der Waals surface area (Å²) in [6.45, 7) is 2.75. The predicted molar refractivity (Wildman–Crippen MR) is 65.4 cm³/mol. The van der Waals surface area contributed by atoms with E-state index in [9.17, 15) is 9.59 Å². The maximum atomic E-state index is 12.2. The fourth-order valence-corrected chi connectivity index (χ4v) is 1.96. The molecule has 1 aromatic rings. The number of hydrogen-bond donors (Lipinski definition) is 1. The Kier molecular flexibility index (Phi) is 3.42. The number of nitrogens with one attached hydrogen (secondary N) is 1. The second kappa shape index (κ2) is 4.83. The molecule has 0 spiro atoms. The molecule has 6 heteroatoms. The number of carbonyl (C=O) groups excluding carboxylic acids is 2. The summed E-state index contributed by atoms with van der Waals surface area (Å²) in [6, 6.07) is 2.97. The highest BCUT2D eigenvalue weighted by atomic mass is 79.9. The SMILES string of the molecule is CC1C(=O)NCCN1C(=O)c1ccc(Br)nc1. The molecule has 5 nitrogen and oxygen atoms in total. The molecule has 90 valence electrons. The van der Waals surface area contributed by atoms with Gasteiger partial charge in [0.05, 0.1) is 5.56 Å². The van der Waals surface area contributed by atoms with Crippen LogP contribution in [0.2, 0.25) is 0 Å². The fraction of sp³-hybridized carbons (Fsp3) is 0.364. The summed E-state index contributed by atoms with van der Waals surface area (Å²) in [4.78, 5) is 29.2. The van der Waals surface area contributed by atoms with Gasteiger partial charge in [0, 0.05) is 19.3 Å². The minimum absolute atomic E-state index is 0.116. The van der Waals surface area contributed by atoms with Gasteiger partial charge in [-0.1, -0.05) is 0 Å².